The summed E-state index contributed by atoms with van der Waals surface area (Å²) in [6.07, 6.45) is 1.24. The van der Waals surface area contributed by atoms with Crippen molar-refractivity contribution < 1.29 is 14.3 Å². The number of benzene rings is 1. The number of rotatable bonds is 5. The van der Waals surface area contributed by atoms with Crippen molar-refractivity contribution in [1.29, 1.82) is 0 Å². The van der Waals surface area contributed by atoms with Gasteiger partial charge in [-0.15, -0.1) is 10.2 Å². The van der Waals surface area contributed by atoms with Crippen LogP contribution in [0.1, 0.15) is 32.7 Å². The molecule has 1 fully saturated rings. The van der Waals surface area contributed by atoms with Crippen LogP contribution in [0, 0.1) is 5.92 Å². The van der Waals surface area contributed by atoms with Gasteiger partial charge in [0.15, 0.2) is 0 Å². The van der Waals surface area contributed by atoms with Gasteiger partial charge >= 0.3 is 5.97 Å². The Morgan fingerprint density at radius 2 is 1.92 bits per heavy atom. The van der Waals surface area contributed by atoms with Crippen LogP contribution in [0.2, 0.25) is 0 Å². The number of likely N-dealkylation sites (tertiary alicyclic amines) is 1. The van der Waals surface area contributed by atoms with E-state index in [0.29, 0.717) is 38.4 Å². The maximum absolute atomic E-state index is 12.7. The Balaban J connectivity index is 1.60. The summed E-state index contributed by atoms with van der Waals surface area (Å²) in [4.78, 5) is 27.6. The summed E-state index contributed by atoms with van der Waals surface area (Å²) < 4.78 is 5.06. The first kappa shape index (κ1) is 18.0. The molecule has 26 heavy (non-hydrogen) atoms. The highest BCUT2D eigenvalue weighted by Gasteiger charge is 2.31. The van der Waals surface area contributed by atoms with Crippen LogP contribution in [0.4, 0.5) is 0 Å². The maximum Gasteiger partial charge on any atom is 0.309 e. The van der Waals surface area contributed by atoms with Gasteiger partial charge < -0.3 is 9.64 Å². The SMILES string of the molecule is CCOC(=O)C1CCN(C(=O)C(C)n2nnc(-c3ccccc3)n2)CC1. The molecule has 1 unspecified atom stereocenters. The molecule has 1 aromatic carbocycles. The molecule has 1 amide bonds. The Labute approximate surface area is 152 Å². The number of tetrazole rings is 1. The molecule has 1 atom stereocenters. The van der Waals surface area contributed by atoms with E-state index in [1.807, 2.05) is 30.3 Å². The Bertz CT molecular complexity index is 753. The highest BCUT2D eigenvalue weighted by Crippen LogP contribution is 2.21. The highest BCUT2D eigenvalue weighted by molar-refractivity contribution is 5.80. The van der Waals surface area contributed by atoms with Crippen molar-refractivity contribution in [2.75, 3.05) is 19.7 Å². The van der Waals surface area contributed by atoms with Crippen molar-refractivity contribution in [3.8, 4) is 11.4 Å². The van der Waals surface area contributed by atoms with E-state index in [-0.39, 0.29) is 17.8 Å². The lowest BCUT2D eigenvalue weighted by atomic mass is 9.96. The lowest BCUT2D eigenvalue weighted by Crippen LogP contribution is -2.43. The van der Waals surface area contributed by atoms with Gasteiger partial charge in [-0.1, -0.05) is 30.3 Å². The van der Waals surface area contributed by atoms with Gasteiger partial charge in [-0.05, 0) is 31.9 Å². The zero-order valence-corrected chi connectivity index (χ0v) is 15.0. The number of ether oxygens (including phenoxy) is 1. The number of hydrogen-bond donors (Lipinski definition) is 0. The van der Waals surface area contributed by atoms with Crippen molar-refractivity contribution in [2.24, 2.45) is 5.92 Å². The lowest BCUT2D eigenvalue weighted by molar-refractivity contribution is -0.151. The molecule has 3 rings (SSSR count). The van der Waals surface area contributed by atoms with Crippen molar-refractivity contribution in [3.05, 3.63) is 30.3 Å². The molecule has 2 aromatic rings. The van der Waals surface area contributed by atoms with Gasteiger partial charge in [0.05, 0.1) is 12.5 Å². The number of amides is 1. The first-order valence-electron chi connectivity index (χ1n) is 8.90. The van der Waals surface area contributed by atoms with Crippen LogP contribution in [0.25, 0.3) is 11.4 Å². The van der Waals surface area contributed by atoms with Gasteiger partial charge in [0.1, 0.15) is 6.04 Å². The summed E-state index contributed by atoms with van der Waals surface area (Å²) in [5.74, 6) is 0.136. The molecule has 1 aliphatic heterocycles. The average Bonchev–Trinajstić information content (AvgIpc) is 3.18. The van der Waals surface area contributed by atoms with E-state index in [1.165, 1.54) is 4.80 Å². The molecule has 0 bridgehead atoms. The zero-order chi connectivity index (χ0) is 18.5. The van der Waals surface area contributed by atoms with Crippen molar-refractivity contribution in [1.82, 2.24) is 25.1 Å². The molecule has 8 nitrogen and oxygen atoms in total. The number of carbonyl (C=O) groups is 2. The summed E-state index contributed by atoms with van der Waals surface area (Å²) in [5.41, 5.74) is 0.855. The number of nitrogens with zero attached hydrogens (tertiary/aromatic N) is 5. The summed E-state index contributed by atoms with van der Waals surface area (Å²) in [6.45, 7) is 5.01. The summed E-state index contributed by atoms with van der Waals surface area (Å²) in [7, 11) is 0. The van der Waals surface area contributed by atoms with Crippen LogP contribution in [-0.4, -0.2) is 56.7 Å². The third-order valence-electron chi connectivity index (χ3n) is 4.59. The summed E-state index contributed by atoms with van der Waals surface area (Å²) >= 11 is 0. The largest absolute Gasteiger partial charge is 0.466 e. The molecule has 0 spiro atoms. The van der Waals surface area contributed by atoms with Crippen LogP contribution >= 0.6 is 0 Å². The Morgan fingerprint density at radius 3 is 2.58 bits per heavy atom. The molecule has 2 heterocycles. The molecular weight excluding hydrogens is 334 g/mol. The fourth-order valence-corrected chi connectivity index (χ4v) is 3.05. The predicted octanol–water partition coefficient (Wildman–Crippen LogP) is 1.70. The monoisotopic (exact) mass is 357 g/mol. The Hall–Kier alpha value is -2.77. The van der Waals surface area contributed by atoms with Crippen molar-refractivity contribution in [2.45, 2.75) is 32.7 Å². The van der Waals surface area contributed by atoms with Crippen LogP contribution in [0.15, 0.2) is 30.3 Å². The summed E-state index contributed by atoms with van der Waals surface area (Å²) in [6, 6.07) is 8.97. The fraction of sp³-hybridized carbons (Fsp3) is 0.500. The molecule has 0 aliphatic carbocycles. The van der Waals surface area contributed by atoms with Gasteiger partial charge in [-0.3, -0.25) is 9.59 Å². The Morgan fingerprint density at radius 1 is 1.23 bits per heavy atom. The molecular formula is C18H23N5O3. The van der Waals surface area contributed by atoms with E-state index in [2.05, 4.69) is 15.4 Å². The molecule has 1 aromatic heterocycles. The number of aromatic nitrogens is 4. The minimum Gasteiger partial charge on any atom is -0.466 e. The normalized spacial score (nSPS) is 16.3. The molecule has 0 N–H and O–H groups in total. The third-order valence-corrected chi connectivity index (χ3v) is 4.59. The van der Waals surface area contributed by atoms with Gasteiger partial charge in [0, 0.05) is 18.7 Å². The second-order valence-electron chi connectivity index (χ2n) is 6.33. The zero-order valence-electron chi connectivity index (χ0n) is 15.0. The van der Waals surface area contributed by atoms with Gasteiger partial charge in [0.2, 0.25) is 11.7 Å². The third kappa shape index (κ3) is 3.89. The number of esters is 1. The number of hydrogen-bond acceptors (Lipinski definition) is 6. The van der Waals surface area contributed by atoms with E-state index in [4.69, 9.17) is 4.74 Å². The fourth-order valence-electron chi connectivity index (χ4n) is 3.05. The van der Waals surface area contributed by atoms with Crippen molar-refractivity contribution >= 4 is 11.9 Å². The molecule has 1 aliphatic rings. The van der Waals surface area contributed by atoms with E-state index < -0.39 is 6.04 Å². The van der Waals surface area contributed by atoms with E-state index in [1.54, 1.807) is 18.7 Å². The van der Waals surface area contributed by atoms with Gasteiger partial charge in [0.25, 0.3) is 0 Å². The topological polar surface area (TPSA) is 90.2 Å². The first-order chi connectivity index (χ1) is 12.6. The molecule has 0 radical (unpaired) electrons. The highest BCUT2D eigenvalue weighted by atomic mass is 16.5. The van der Waals surface area contributed by atoms with Crippen molar-refractivity contribution in [3.63, 3.8) is 0 Å². The van der Waals surface area contributed by atoms with E-state index >= 15 is 0 Å². The predicted molar refractivity (Wildman–Crippen MR) is 93.9 cm³/mol. The first-order valence-corrected chi connectivity index (χ1v) is 8.90. The smallest absolute Gasteiger partial charge is 0.309 e. The second-order valence-corrected chi connectivity index (χ2v) is 6.33. The number of piperidine rings is 1. The van der Waals surface area contributed by atoms with E-state index in [9.17, 15) is 9.59 Å². The molecule has 8 heteroatoms. The molecule has 1 saturated heterocycles. The van der Waals surface area contributed by atoms with Crippen LogP contribution in [0.5, 0.6) is 0 Å². The van der Waals surface area contributed by atoms with Gasteiger partial charge in [-0.2, -0.15) is 4.80 Å². The molecule has 0 saturated carbocycles. The number of carbonyl (C=O) groups excluding carboxylic acids is 2. The summed E-state index contributed by atoms with van der Waals surface area (Å²) in [5, 5.41) is 12.4. The molecule has 138 valence electrons. The lowest BCUT2D eigenvalue weighted by Gasteiger charge is -2.32. The minimum atomic E-state index is -0.542. The van der Waals surface area contributed by atoms with Gasteiger partial charge in [-0.25, -0.2) is 0 Å². The van der Waals surface area contributed by atoms with Crippen LogP contribution < -0.4 is 0 Å². The quantitative estimate of drug-likeness (QED) is 0.757. The van der Waals surface area contributed by atoms with E-state index in [0.717, 1.165) is 5.56 Å². The van der Waals surface area contributed by atoms with Crippen LogP contribution in [0.3, 0.4) is 0 Å². The van der Waals surface area contributed by atoms with Crippen LogP contribution in [-0.2, 0) is 14.3 Å². The standard InChI is InChI=1S/C18H23N5O3/c1-3-26-18(25)15-9-11-22(12-10-15)17(24)13(2)23-20-16(19-21-23)14-7-5-4-6-8-14/h4-8,13,15H,3,9-12H2,1-2H3. The second kappa shape index (κ2) is 8.07. The average molecular weight is 357 g/mol. The maximum atomic E-state index is 12.7. The minimum absolute atomic E-state index is 0.0654. The Kier molecular flexibility index (Phi) is 5.60.